The quantitative estimate of drug-likeness (QED) is 0.461. The fourth-order valence-electron chi connectivity index (χ4n) is 5.89. The van der Waals surface area contributed by atoms with Crippen molar-refractivity contribution in [1.29, 1.82) is 0 Å². The van der Waals surface area contributed by atoms with E-state index in [0.717, 1.165) is 21.9 Å². The van der Waals surface area contributed by atoms with Gasteiger partial charge in [-0.25, -0.2) is 4.79 Å². The highest BCUT2D eigenvalue weighted by Gasteiger charge is 2.40. The van der Waals surface area contributed by atoms with E-state index in [4.69, 9.17) is 7.48 Å². The van der Waals surface area contributed by atoms with Crippen LogP contribution in [-0.2, 0) is 27.2 Å². The van der Waals surface area contributed by atoms with E-state index in [9.17, 15) is 19.2 Å². The number of hydrogen-bond donors (Lipinski definition) is 1. The van der Waals surface area contributed by atoms with Crippen molar-refractivity contribution in [3.63, 3.8) is 0 Å². The Morgan fingerprint density at radius 3 is 2.38 bits per heavy atom. The first-order valence-corrected chi connectivity index (χ1v) is 14.4. The molecule has 1 atom stereocenters. The van der Waals surface area contributed by atoms with Crippen LogP contribution in [-0.4, -0.2) is 71.4 Å². The summed E-state index contributed by atoms with van der Waals surface area (Å²) in [7, 11) is 0. The third kappa shape index (κ3) is 5.48. The molecule has 1 N–H and O–H groups in total. The molecule has 3 aliphatic rings. The number of nitrogens with one attached hydrogen (secondary N) is 1. The highest BCUT2D eigenvalue weighted by Crippen LogP contribution is 2.41. The lowest BCUT2D eigenvalue weighted by molar-refractivity contribution is -0.134. The van der Waals surface area contributed by atoms with Crippen LogP contribution in [0.1, 0.15) is 63.4 Å². The van der Waals surface area contributed by atoms with E-state index in [2.05, 4.69) is 5.32 Å². The second kappa shape index (κ2) is 10.9. The average Bonchev–Trinajstić information content (AvgIpc) is 3.26. The van der Waals surface area contributed by atoms with E-state index in [1.165, 1.54) is 4.90 Å². The number of piperazine rings is 1. The van der Waals surface area contributed by atoms with E-state index in [1.54, 1.807) is 15.9 Å². The lowest BCUT2D eigenvalue weighted by Crippen LogP contribution is -2.53. The maximum atomic E-state index is 13.4. The van der Waals surface area contributed by atoms with Gasteiger partial charge < -0.3 is 9.64 Å². The molecular weight excluding hydrogens is 532 g/mol. The largest absolute Gasteiger partial charge is 0.444 e. The Morgan fingerprint density at radius 2 is 1.69 bits per heavy atom. The van der Waals surface area contributed by atoms with Crippen LogP contribution in [0.3, 0.4) is 0 Å². The minimum atomic E-state index is -1.71. The monoisotopic (exact) mass is 570 g/mol. The van der Waals surface area contributed by atoms with Gasteiger partial charge in [-0.1, -0.05) is 42.5 Å². The van der Waals surface area contributed by atoms with Crippen LogP contribution in [0.5, 0.6) is 0 Å². The number of carbonyl (C=O) groups is 4. The fourth-order valence-corrected chi connectivity index (χ4v) is 5.89. The first-order valence-electron chi connectivity index (χ1n) is 15.4. The Balaban J connectivity index is 1.18. The molecule has 9 heteroatoms. The summed E-state index contributed by atoms with van der Waals surface area (Å²) in [5.74, 6) is -1.02. The van der Waals surface area contributed by atoms with Gasteiger partial charge in [0, 0.05) is 52.8 Å². The Bertz CT molecular complexity index is 1660. The van der Waals surface area contributed by atoms with Gasteiger partial charge in [0.1, 0.15) is 11.6 Å². The second-order valence-corrected chi connectivity index (χ2v) is 12.1. The van der Waals surface area contributed by atoms with Crippen molar-refractivity contribution in [1.82, 2.24) is 15.1 Å². The van der Waals surface area contributed by atoms with E-state index >= 15 is 0 Å². The zero-order valence-electron chi connectivity index (χ0n) is 26.1. The van der Waals surface area contributed by atoms with Crippen LogP contribution >= 0.6 is 0 Å². The number of benzene rings is 3. The summed E-state index contributed by atoms with van der Waals surface area (Å²) in [6, 6.07) is 16.2. The molecule has 3 aromatic carbocycles. The van der Waals surface area contributed by atoms with Crippen LogP contribution in [0.4, 0.5) is 10.5 Å². The highest BCUT2D eigenvalue weighted by atomic mass is 16.6. The number of carbonyl (C=O) groups excluding carboxylic acids is 4. The summed E-state index contributed by atoms with van der Waals surface area (Å²) in [5.41, 5.74) is 3.18. The van der Waals surface area contributed by atoms with E-state index in [1.807, 2.05) is 69.3 Å². The van der Waals surface area contributed by atoms with Crippen molar-refractivity contribution >= 4 is 40.3 Å². The van der Waals surface area contributed by atoms with E-state index < -0.39 is 24.0 Å². The molecule has 3 aromatic rings. The minimum Gasteiger partial charge on any atom is -0.444 e. The maximum Gasteiger partial charge on any atom is 0.410 e. The standard InChI is InChI=1S/C33H36N4O5/c1-33(2,3)42-32(41)36-17-15-35(16-18-36)20-22-9-7-21(8-10-22)19-23-11-12-26-29-24(23)5-4-6-25(29)31(40)37(26)27-13-14-28(38)34-30(27)39/h4-12,27H,13-20H2,1-3H3,(H,34,38,39)/i20D2. The number of piperidine rings is 1. The zero-order chi connectivity index (χ0) is 31.4. The van der Waals surface area contributed by atoms with Crippen molar-refractivity contribution in [2.24, 2.45) is 0 Å². The van der Waals surface area contributed by atoms with Crippen LogP contribution < -0.4 is 10.2 Å². The zero-order valence-corrected chi connectivity index (χ0v) is 24.1. The summed E-state index contributed by atoms with van der Waals surface area (Å²) in [5, 5.41) is 4.08. The number of hydrogen-bond acceptors (Lipinski definition) is 6. The third-order valence-corrected chi connectivity index (χ3v) is 7.91. The highest BCUT2D eigenvalue weighted by molar-refractivity contribution is 6.27. The molecule has 0 aliphatic carbocycles. The van der Waals surface area contributed by atoms with E-state index in [-0.39, 0.29) is 30.7 Å². The number of nitrogens with zero attached hydrogens (tertiary/aromatic N) is 3. The van der Waals surface area contributed by atoms with Crippen LogP contribution in [0.25, 0.3) is 10.8 Å². The van der Waals surface area contributed by atoms with Crippen LogP contribution in [0.15, 0.2) is 54.6 Å². The molecule has 42 heavy (non-hydrogen) atoms. The van der Waals surface area contributed by atoms with Gasteiger partial charge in [0.05, 0.1) is 5.69 Å². The molecule has 1 unspecified atom stereocenters. The lowest BCUT2D eigenvalue weighted by atomic mass is 9.95. The predicted molar refractivity (Wildman–Crippen MR) is 159 cm³/mol. The molecule has 3 heterocycles. The number of ether oxygens (including phenoxy) is 1. The van der Waals surface area contributed by atoms with Crippen molar-refractivity contribution < 1.29 is 26.7 Å². The molecule has 6 rings (SSSR count). The number of imide groups is 1. The Kier molecular flexibility index (Phi) is 6.59. The van der Waals surface area contributed by atoms with Gasteiger partial charge >= 0.3 is 6.09 Å². The Hall–Kier alpha value is -4.24. The average molecular weight is 571 g/mol. The summed E-state index contributed by atoms with van der Waals surface area (Å²) in [4.78, 5) is 55.1. The smallest absolute Gasteiger partial charge is 0.410 e. The van der Waals surface area contributed by atoms with Gasteiger partial charge in [-0.3, -0.25) is 29.5 Å². The van der Waals surface area contributed by atoms with Gasteiger partial charge in [-0.05, 0) is 67.8 Å². The third-order valence-electron chi connectivity index (χ3n) is 7.91. The first kappa shape index (κ1) is 25.5. The molecule has 0 radical (unpaired) electrons. The van der Waals surface area contributed by atoms with Gasteiger partial charge in [0.25, 0.3) is 5.91 Å². The summed E-state index contributed by atoms with van der Waals surface area (Å²) in [6.45, 7) is 5.34. The summed E-state index contributed by atoms with van der Waals surface area (Å²) >= 11 is 0. The Morgan fingerprint density at radius 1 is 0.976 bits per heavy atom. The predicted octanol–water partition coefficient (Wildman–Crippen LogP) is 4.25. The molecular formula is C33H36N4O5. The van der Waals surface area contributed by atoms with E-state index in [0.29, 0.717) is 49.4 Å². The van der Waals surface area contributed by atoms with Crippen molar-refractivity contribution in [2.75, 3.05) is 31.1 Å². The molecule has 9 nitrogen and oxygen atoms in total. The molecule has 3 aliphatic heterocycles. The molecule has 0 aromatic heterocycles. The first-order chi connectivity index (χ1) is 20.8. The molecule has 0 spiro atoms. The summed E-state index contributed by atoms with van der Waals surface area (Å²) < 4.78 is 23.2. The van der Waals surface area contributed by atoms with Gasteiger partial charge in [0.15, 0.2) is 0 Å². The van der Waals surface area contributed by atoms with Gasteiger partial charge in [-0.15, -0.1) is 0 Å². The van der Waals surface area contributed by atoms with Crippen molar-refractivity contribution in [2.45, 2.75) is 58.2 Å². The summed E-state index contributed by atoms with van der Waals surface area (Å²) in [6.07, 6.45) is 0.670. The Labute approximate surface area is 248 Å². The van der Waals surface area contributed by atoms with Gasteiger partial charge in [0.2, 0.25) is 11.8 Å². The normalized spacial score (nSPS) is 20.5. The molecule has 2 fully saturated rings. The topological polar surface area (TPSA) is 99.3 Å². The SMILES string of the molecule is [2H]C([2H])(c1ccc(Cc2ccc3c4c(cccc24)C(=O)N3C2CCC(=O)NC2=O)cc1)N1CCN(C(=O)OC(C)(C)C)CC1. The van der Waals surface area contributed by atoms with Crippen LogP contribution in [0, 0.1) is 0 Å². The van der Waals surface area contributed by atoms with Gasteiger partial charge in [-0.2, -0.15) is 0 Å². The number of anilines is 1. The molecule has 0 bridgehead atoms. The van der Waals surface area contributed by atoms with Crippen molar-refractivity contribution in [3.05, 3.63) is 76.9 Å². The molecule has 4 amide bonds. The molecule has 218 valence electrons. The number of amides is 4. The van der Waals surface area contributed by atoms with Crippen molar-refractivity contribution in [3.8, 4) is 0 Å². The fraction of sp³-hybridized carbons (Fsp3) is 0.394. The maximum absolute atomic E-state index is 13.4. The molecule has 0 saturated carbocycles. The molecule has 2 saturated heterocycles. The second-order valence-electron chi connectivity index (χ2n) is 12.1. The minimum absolute atomic E-state index is 0.188. The van der Waals surface area contributed by atoms with Crippen LogP contribution in [0.2, 0.25) is 0 Å². The lowest BCUT2D eigenvalue weighted by Gasteiger charge is -2.35. The number of rotatable bonds is 5.